The number of aliphatic hydroxyl groups is 1. The molecule has 2 unspecified atom stereocenters. The van der Waals surface area contributed by atoms with E-state index in [1.807, 2.05) is 0 Å². The summed E-state index contributed by atoms with van der Waals surface area (Å²) >= 11 is 0. The molecule has 2 heterocycles. The second-order valence-corrected chi connectivity index (χ2v) is 5.62. The average Bonchev–Trinajstić information content (AvgIpc) is 2.93. The fourth-order valence-electron chi connectivity index (χ4n) is 3.14. The standard InChI is InChI=1S/C14H29N3O2/c1-2-15-13(12-18)3-5-16-6-4-14(11-16)17-7-9-19-10-8-17/h13-15,18H,2-12H2,1H3. The van der Waals surface area contributed by atoms with E-state index in [1.165, 1.54) is 19.5 Å². The van der Waals surface area contributed by atoms with Gasteiger partial charge >= 0.3 is 0 Å². The molecule has 0 aromatic carbocycles. The Kier molecular flexibility index (Phi) is 6.53. The number of nitrogens with one attached hydrogen (secondary N) is 1. The summed E-state index contributed by atoms with van der Waals surface area (Å²) in [5.74, 6) is 0. The number of likely N-dealkylation sites (N-methyl/N-ethyl adjacent to an activating group) is 1. The van der Waals surface area contributed by atoms with E-state index < -0.39 is 0 Å². The lowest BCUT2D eigenvalue weighted by Crippen LogP contribution is -2.45. The van der Waals surface area contributed by atoms with Crippen LogP contribution in [0.2, 0.25) is 0 Å². The third-order valence-electron chi connectivity index (χ3n) is 4.32. The summed E-state index contributed by atoms with van der Waals surface area (Å²) < 4.78 is 5.42. The van der Waals surface area contributed by atoms with Crippen LogP contribution in [0.1, 0.15) is 19.8 Å². The first-order valence-electron chi connectivity index (χ1n) is 7.72. The van der Waals surface area contributed by atoms with Crippen molar-refractivity contribution in [2.24, 2.45) is 0 Å². The van der Waals surface area contributed by atoms with Crippen LogP contribution in [0.3, 0.4) is 0 Å². The largest absolute Gasteiger partial charge is 0.395 e. The third kappa shape index (κ3) is 4.68. The molecule has 2 saturated heterocycles. The summed E-state index contributed by atoms with van der Waals surface area (Å²) in [6.45, 7) is 10.7. The molecule has 19 heavy (non-hydrogen) atoms. The van der Waals surface area contributed by atoms with E-state index >= 15 is 0 Å². The molecule has 2 aliphatic rings. The molecule has 2 atom stereocenters. The monoisotopic (exact) mass is 271 g/mol. The van der Waals surface area contributed by atoms with Gasteiger partial charge in [-0.3, -0.25) is 4.90 Å². The van der Waals surface area contributed by atoms with Crippen LogP contribution in [0.25, 0.3) is 0 Å². The number of hydrogen-bond donors (Lipinski definition) is 2. The zero-order chi connectivity index (χ0) is 13.5. The SMILES string of the molecule is CCNC(CO)CCN1CCC(N2CCOCC2)C1. The van der Waals surface area contributed by atoms with Crippen molar-refractivity contribution >= 4 is 0 Å². The van der Waals surface area contributed by atoms with Gasteiger partial charge in [0.05, 0.1) is 19.8 Å². The molecule has 0 aliphatic carbocycles. The van der Waals surface area contributed by atoms with Crippen molar-refractivity contribution in [3.05, 3.63) is 0 Å². The molecule has 2 rings (SSSR count). The van der Waals surface area contributed by atoms with Crippen LogP contribution in [0.5, 0.6) is 0 Å². The van der Waals surface area contributed by atoms with E-state index in [4.69, 9.17) is 4.74 Å². The molecule has 0 spiro atoms. The van der Waals surface area contributed by atoms with E-state index in [2.05, 4.69) is 22.0 Å². The smallest absolute Gasteiger partial charge is 0.0594 e. The third-order valence-corrected chi connectivity index (χ3v) is 4.32. The molecule has 0 radical (unpaired) electrons. The minimum absolute atomic E-state index is 0.245. The van der Waals surface area contributed by atoms with Crippen LogP contribution in [0.4, 0.5) is 0 Å². The molecule has 5 nitrogen and oxygen atoms in total. The number of ether oxygens (including phenoxy) is 1. The van der Waals surface area contributed by atoms with Crippen LogP contribution in [0, 0.1) is 0 Å². The van der Waals surface area contributed by atoms with Crippen molar-refractivity contribution in [1.29, 1.82) is 0 Å². The number of rotatable bonds is 7. The summed E-state index contributed by atoms with van der Waals surface area (Å²) in [6.07, 6.45) is 2.32. The Labute approximate surface area is 116 Å². The van der Waals surface area contributed by atoms with Gasteiger partial charge in [0.15, 0.2) is 0 Å². The predicted molar refractivity (Wildman–Crippen MR) is 76.4 cm³/mol. The van der Waals surface area contributed by atoms with Crippen LogP contribution >= 0.6 is 0 Å². The van der Waals surface area contributed by atoms with Gasteiger partial charge in [-0.1, -0.05) is 6.92 Å². The first-order valence-corrected chi connectivity index (χ1v) is 7.72. The maximum absolute atomic E-state index is 9.28. The minimum Gasteiger partial charge on any atom is -0.395 e. The molecule has 0 saturated carbocycles. The van der Waals surface area contributed by atoms with Gasteiger partial charge in [-0.2, -0.15) is 0 Å². The van der Waals surface area contributed by atoms with Crippen molar-refractivity contribution < 1.29 is 9.84 Å². The second-order valence-electron chi connectivity index (χ2n) is 5.62. The normalized spacial score (nSPS) is 27.8. The van der Waals surface area contributed by atoms with Gasteiger partial charge in [0, 0.05) is 31.7 Å². The Bertz CT molecular complexity index is 247. The lowest BCUT2D eigenvalue weighted by atomic mass is 10.2. The van der Waals surface area contributed by atoms with E-state index in [-0.39, 0.29) is 12.6 Å². The van der Waals surface area contributed by atoms with Crippen molar-refractivity contribution in [3.63, 3.8) is 0 Å². The second kappa shape index (κ2) is 8.17. The Balaban J connectivity index is 1.66. The molecule has 2 N–H and O–H groups in total. The molecule has 2 fully saturated rings. The molecule has 0 aromatic heterocycles. The van der Waals surface area contributed by atoms with Crippen LogP contribution in [-0.2, 0) is 4.74 Å². The summed E-state index contributed by atoms with van der Waals surface area (Å²) in [6, 6.07) is 0.975. The first kappa shape index (κ1) is 15.2. The van der Waals surface area contributed by atoms with Crippen molar-refractivity contribution in [1.82, 2.24) is 15.1 Å². The number of nitrogens with zero attached hydrogens (tertiary/aromatic N) is 2. The van der Waals surface area contributed by atoms with Crippen LogP contribution in [0.15, 0.2) is 0 Å². The van der Waals surface area contributed by atoms with Crippen molar-refractivity contribution in [2.75, 3.05) is 59.1 Å². The summed E-state index contributed by atoms with van der Waals surface area (Å²) in [4.78, 5) is 5.12. The maximum Gasteiger partial charge on any atom is 0.0594 e. The van der Waals surface area contributed by atoms with E-state index in [1.54, 1.807) is 0 Å². The van der Waals surface area contributed by atoms with Crippen LogP contribution in [-0.4, -0.2) is 86.1 Å². The summed E-state index contributed by atoms with van der Waals surface area (Å²) in [7, 11) is 0. The zero-order valence-electron chi connectivity index (χ0n) is 12.2. The quantitative estimate of drug-likeness (QED) is 0.669. The van der Waals surface area contributed by atoms with Gasteiger partial charge in [-0.05, 0) is 32.5 Å². The lowest BCUT2D eigenvalue weighted by Gasteiger charge is -2.32. The Hall–Kier alpha value is -0.200. The molecule has 0 amide bonds. The van der Waals surface area contributed by atoms with Gasteiger partial charge < -0.3 is 20.1 Å². The van der Waals surface area contributed by atoms with Gasteiger partial charge in [-0.25, -0.2) is 0 Å². The maximum atomic E-state index is 9.28. The van der Waals surface area contributed by atoms with Crippen molar-refractivity contribution in [3.8, 4) is 0 Å². The molecule has 0 aromatic rings. The highest BCUT2D eigenvalue weighted by Gasteiger charge is 2.28. The number of likely N-dealkylation sites (tertiary alicyclic amines) is 1. The van der Waals surface area contributed by atoms with Crippen molar-refractivity contribution in [2.45, 2.75) is 31.8 Å². The Morgan fingerprint density at radius 3 is 2.79 bits per heavy atom. The highest BCUT2D eigenvalue weighted by molar-refractivity contribution is 4.85. The molecule has 5 heteroatoms. The summed E-state index contributed by atoms with van der Waals surface area (Å²) in [5, 5.41) is 12.6. The van der Waals surface area contributed by atoms with Gasteiger partial charge in [0.1, 0.15) is 0 Å². The Morgan fingerprint density at radius 2 is 2.11 bits per heavy atom. The van der Waals surface area contributed by atoms with Gasteiger partial charge in [0.25, 0.3) is 0 Å². The predicted octanol–water partition coefficient (Wildman–Crippen LogP) is -0.247. The molecule has 2 aliphatic heterocycles. The van der Waals surface area contributed by atoms with Gasteiger partial charge in [0.2, 0.25) is 0 Å². The zero-order valence-corrected chi connectivity index (χ0v) is 12.2. The van der Waals surface area contributed by atoms with E-state index in [0.29, 0.717) is 0 Å². The molecular weight excluding hydrogens is 242 g/mol. The molecular formula is C14H29N3O2. The molecule has 112 valence electrons. The topological polar surface area (TPSA) is 48.0 Å². The number of aliphatic hydroxyl groups excluding tert-OH is 1. The van der Waals surface area contributed by atoms with Crippen LogP contribution < -0.4 is 5.32 Å². The molecule has 0 bridgehead atoms. The van der Waals surface area contributed by atoms with E-state index in [9.17, 15) is 5.11 Å². The summed E-state index contributed by atoms with van der Waals surface area (Å²) in [5.41, 5.74) is 0. The lowest BCUT2D eigenvalue weighted by molar-refractivity contribution is 0.0184. The Morgan fingerprint density at radius 1 is 1.32 bits per heavy atom. The van der Waals surface area contributed by atoms with E-state index in [0.717, 1.165) is 51.9 Å². The fourth-order valence-corrected chi connectivity index (χ4v) is 3.14. The highest BCUT2D eigenvalue weighted by atomic mass is 16.5. The highest BCUT2D eigenvalue weighted by Crippen LogP contribution is 2.17. The minimum atomic E-state index is 0.245. The average molecular weight is 271 g/mol. The fraction of sp³-hybridized carbons (Fsp3) is 1.00. The number of hydrogen-bond acceptors (Lipinski definition) is 5. The van der Waals surface area contributed by atoms with Gasteiger partial charge in [-0.15, -0.1) is 0 Å². The number of morpholine rings is 1. The first-order chi connectivity index (χ1) is 9.33.